The molecule has 0 aromatic heterocycles. The van der Waals surface area contributed by atoms with E-state index < -0.39 is 5.41 Å². The van der Waals surface area contributed by atoms with Crippen molar-refractivity contribution in [2.45, 2.75) is 49.0 Å². The number of nitrogens with zero attached hydrogens (tertiary/aromatic N) is 2. The van der Waals surface area contributed by atoms with Gasteiger partial charge >= 0.3 is 0 Å². The van der Waals surface area contributed by atoms with Gasteiger partial charge in [0.1, 0.15) is 0 Å². The third kappa shape index (κ3) is 8.28. The summed E-state index contributed by atoms with van der Waals surface area (Å²) in [6.45, 7) is 8.10. The summed E-state index contributed by atoms with van der Waals surface area (Å²) in [6.07, 6.45) is 0.776. The van der Waals surface area contributed by atoms with Crippen LogP contribution in [0.15, 0.2) is 158 Å². The van der Waals surface area contributed by atoms with Crippen molar-refractivity contribution in [1.82, 2.24) is 0 Å². The molecule has 49 heavy (non-hydrogen) atoms. The molecule has 0 radical (unpaired) electrons. The molecule has 0 aliphatic heterocycles. The minimum Gasteiger partial charge on any atom is -0.326 e. The van der Waals surface area contributed by atoms with Crippen LogP contribution in [0.5, 0.6) is 0 Å². The van der Waals surface area contributed by atoms with Crippen molar-refractivity contribution in [1.29, 1.82) is 0 Å². The summed E-state index contributed by atoms with van der Waals surface area (Å²) >= 11 is 0. The van der Waals surface area contributed by atoms with Crippen molar-refractivity contribution in [2.75, 3.05) is 15.1 Å². The van der Waals surface area contributed by atoms with E-state index in [0.717, 1.165) is 57.4 Å². The number of carbonyl (C=O) groups is 1. The third-order valence-corrected chi connectivity index (χ3v) is 8.75. The molecule has 6 rings (SSSR count). The van der Waals surface area contributed by atoms with E-state index >= 15 is 0 Å². The fraction of sp³-hybridized carbons (Fsp3) is 0.178. The first kappa shape index (κ1) is 36.2. The number of anilines is 7. The van der Waals surface area contributed by atoms with Crippen LogP contribution >= 0.6 is 0 Å². The number of nitrogens with one attached hydrogen (secondary N) is 1. The van der Waals surface area contributed by atoms with E-state index in [1.807, 2.05) is 45.0 Å². The first-order valence-electron chi connectivity index (χ1n) is 16.2. The van der Waals surface area contributed by atoms with Crippen LogP contribution in [0.1, 0.15) is 47.6 Å². The summed E-state index contributed by atoms with van der Waals surface area (Å²) in [7, 11) is 0. The highest BCUT2D eigenvalue weighted by atomic mass is 16.2. The number of amides is 1. The van der Waals surface area contributed by atoms with E-state index in [1.54, 1.807) is 0 Å². The molecule has 1 N–H and O–H groups in total. The van der Waals surface area contributed by atoms with Crippen molar-refractivity contribution in [3.05, 3.63) is 163 Å². The van der Waals surface area contributed by atoms with Crippen LogP contribution in [0.4, 0.5) is 39.8 Å². The topological polar surface area (TPSA) is 35.6 Å². The van der Waals surface area contributed by atoms with E-state index in [1.165, 1.54) is 5.56 Å². The normalized spacial score (nSPS) is 10.7. The highest BCUT2D eigenvalue weighted by Gasteiger charge is 2.25. The molecule has 0 saturated heterocycles. The number of carbonyl (C=O) groups excluding carboxylic acids is 1. The first-order chi connectivity index (χ1) is 22.8. The average Bonchev–Trinajstić information content (AvgIpc) is 3.11. The summed E-state index contributed by atoms with van der Waals surface area (Å²) in [5.74, 6) is 0.0271. The Hall–Kier alpha value is -5.61. The Morgan fingerprint density at radius 3 is 1.35 bits per heavy atom. The monoisotopic (exact) mass is 647 g/mol. The van der Waals surface area contributed by atoms with E-state index in [2.05, 4.69) is 156 Å². The van der Waals surface area contributed by atoms with Gasteiger partial charge in [-0.1, -0.05) is 108 Å². The van der Waals surface area contributed by atoms with E-state index in [9.17, 15) is 4.79 Å². The zero-order chi connectivity index (χ0) is 32.8. The lowest BCUT2D eigenvalue weighted by Crippen LogP contribution is -2.29. The largest absolute Gasteiger partial charge is 0.326 e. The lowest BCUT2D eigenvalue weighted by atomic mass is 9.89. The maximum atomic E-state index is 12.7. The molecule has 6 aromatic carbocycles. The van der Waals surface area contributed by atoms with Crippen LogP contribution in [0.25, 0.3) is 11.1 Å². The predicted molar refractivity (Wildman–Crippen MR) is 212 cm³/mol. The molecule has 0 aliphatic carbocycles. The van der Waals surface area contributed by atoms with Crippen molar-refractivity contribution < 1.29 is 4.79 Å². The number of hydrogen-bond donors (Lipinski definition) is 1. The Kier molecular flexibility index (Phi) is 11.8. The molecule has 6 aromatic rings. The van der Waals surface area contributed by atoms with Crippen molar-refractivity contribution in [3.8, 4) is 11.1 Å². The summed E-state index contributed by atoms with van der Waals surface area (Å²) in [5.41, 5.74) is 10.4. The van der Waals surface area contributed by atoms with Gasteiger partial charge in [0.2, 0.25) is 5.91 Å². The molecule has 0 atom stereocenters. The van der Waals surface area contributed by atoms with Crippen molar-refractivity contribution in [2.24, 2.45) is 5.41 Å². The first-order valence-corrected chi connectivity index (χ1v) is 16.2. The lowest BCUT2D eigenvalue weighted by molar-refractivity contribution is -0.124. The highest BCUT2D eigenvalue weighted by molar-refractivity contribution is 5.95. The quantitative estimate of drug-likeness (QED) is 0.161. The van der Waals surface area contributed by atoms with Gasteiger partial charge in [-0.2, -0.15) is 0 Å². The van der Waals surface area contributed by atoms with Crippen LogP contribution in [-0.4, -0.2) is 5.91 Å². The zero-order valence-corrected chi connectivity index (χ0v) is 27.5. The van der Waals surface area contributed by atoms with Crippen LogP contribution in [0, 0.1) is 12.3 Å². The summed E-state index contributed by atoms with van der Waals surface area (Å²) in [5, 5.41) is 3.08. The zero-order valence-electron chi connectivity index (χ0n) is 27.5. The molecule has 0 unspecified atom stereocenters. The van der Waals surface area contributed by atoms with Crippen LogP contribution in [0.3, 0.4) is 0 Å². The molecule has 0 bridgehead atoms. The second-order valence-corrected chi connectivity index (χ2v) is 12.5. The minimum atomic E-state index is -0.418. The maximum absolute atomic E-state index is 12.7. The highest BCUT2D eigenvalue weighted by Crippen LogP contribution is 2.38. The Labute approximate surface area is 293 Å². The number of benzene rings is 6. The second-order valence-electron chi connectivity index (χ2n) is 12.5. The molecule has 0 saturated carbocycles. The van der Waals surface area contributed by atoms with E-state index in [-0.39, 0.29) is 20.8 Å². The standard InChI is InChI=1S/C43H41N3O.2CH4/c1-5-43(3,4)42(47)44-35-23-29-40(30-24-35)45(36-14-8-6-9-15-36)38-25-19-33(20-26-38)34-21-27-39(28-22-34)46(37-16-10-7-11-17-37)41-18-12-13-32(2)31-41;;/h6-31H,5H2,1-4H3,(H,44,47);2*1H4. The minimum absolute atomic E-state index is 0. The maximum Gasteiger partial charge on any atom is 0.230 e. The Bertz CT molecular complexity index is 1920. The van der Waals surface area contributed by atoms with E-state index in [0.29, 0.717) is 0 Å². The van der Waals surface area contributed by atoms with Gasteiger partial charge in [0.25, 0.3) is 0 Å². The molecular formula is C45H49N3O. The van der Waals surface area contributed by atoms with E-state index in [4.69, 9.17) is 0 Å². The van der Waals surface area contributed by atoms with Crippen molar-refractivity contribution >= 4 is 45.7 Å². The second kappa shape index (κ2) is 16.0. The van der Waals surface area contributed by atoms with Crippen LogP contribution in [-0.2, 0) is 4.79 Å². The number of rotatable bonds is 10. The average molecular weight is 648 g/mol. The molecule has 0 spiro atoms. The van der Waals surface area contributed by atoms with Crippen molar-refractivity contribution in [3.63, 3.8) is 0 Å². The van der Waals surface area contributed by atoms with Gasteiger partial charge in [0.05, 0.1) is 0 Å². The predicted octanol–water partition coefficient (Wildman–Crippen LogP) is 13.2. The Morgan fingerprint density at radius 2 is 0.918 bits per heavy atom. The van der Waals surface area contributed by atoms with Gasteiger partial charge < -0.3 is 15.1 Å². The fourth-order valence-corrected chi connectivity index (χ4v) is 5.58. The number of hydrogen-bond acceptors (Lipinski definition) is 3. The van der Waals surface area contributed by atoms with Crippen LogP contribution in [0.2, 0.25) is 0 Å². The fourth-order valence-electron chi connectivity index (χ4n) is 5.58. The van der Waals surface area contributed by atoms with Gasteiger partial charge in [0, 0.05) is 45.2 Å². The summed E-state index contributed by atoms with van der Waals surface area (Å²) in [6, 6.07) is 55.0. The smallest absolute Gasteiger partial charge is 0.230 e. The lowest BCUT2D eigenvalue weighted by Gasteiger charge is -2.26. The number of para-hydroxylation sites is 2. The molecule has 250 valence electrons. The molecule has 1 amide bonds. The van der Waals surface area contributed by atoms with Gasteiger partial charge in [-0.3, -0.25) is 4.79 Å². The van der Waals surface area contributed by atoms with Gasteiger partial charge in [-0.25, -0.2) is 0 Å². The SMILES string of the molecule is C.C.CCC(C)(C)C(=O)Nc1ccc(N(c2ccccc2)c2ccc(-c3ccc(N(c4ccccc4)c4cccc(C)c4)cc3)cc2)cc1. The Morgan fingerprint density at radius 1 is 0.531 bits per heavy atom. The molecule has 4 heteroatoms. The molecule has 0 fully saturated rings. The van der Waals surface area contributed by atoms with Gasteiger partial charge in [0.15, 0.2) is 0 Å². The molecular weight excluding hydrogens is 599 g/mol. The van der Waals surface area contributed by atoms with Gasteiger partial charge in [-0.15, -0.1) is 0 Å². The van der Waals surface area contributed by atoms with Crippen LogP contribution < -0.4 is 15.1 Å². The molecule has 0 heterocycles. The molecule has 0 aliphatic rings. The summed E-state index contributed by atoms with van der Waals surface area (Å²) in [4.78, 5) is 17.3. The third-order valence-electron chi connectivity index (χ3n) is 8.75. The summed E-state index contributed by atoms with van der Waals surface area (Å²) < 4.78 is 0. The number of aryl methyl sites for hydroxylation is 1. The molecule has 4 nitrogen and oxygen atoms in total. The Balaban J connectivity index is 0.00000270. The van der Waals surface area contributed by atoms with Gasteiger partial charge in [-0.05, 0) is 115 Å².